The Hall–Kier alpha value is -1.11. The van der Waals surface area contributed by atoms with Crippen LogP contribution in [0.2, 0.25) is 0 Å². The molecule has 0 spiro atoms. The first kappa shape index (κ1) is 14.0. The maximum Gasteiger partial charge on any atom is 0.310 e. The van der Waals surface area contributed by atoms with E-state index in [4.69, 9.17) is 0 Å². The third-order valence-electron chi connectivity index (χ3n) is 1.87. The number of hydrogen-bond acceptors (Lipinski definition) is 3. The van der Waals surface area contributed by atoms with Gasteiger partial charge in [-0.2, -0.15) is 0 Å². The molecule has 0 N–H and O–H groups in total. The van der Waals surface area contributed by atoms with E-state index < -0.39 is 30.3 Å². The van der Waals surface area contributed by atoms with Crippen molar-refractivity contribution in [3.05, 3.63) is 27.7 Å². The summed E-state index contributed by atoms with van der Waals surface area (Å²) in [7, 11) is 0. The van der Waals surface area contributed by atoms with E-state index in [0.717, 1.165) is 0 Å². The van der Waals surface area contributed by atoms with Gasteiger partial charge in [-0.15, -0.1) is 0 Å². The minimum absolute atomic E-state index is 0.0495. The van der Waals surface area contributed by atoms with Gasteiger partial charge < -0.3 is 4.74 Å². The van der Waals surface area contributed by atoms with Gasteiger partial charge in [0.15, 0.2) is 5.82 Å². The zero-order valence-corrected chi connectivity index (χ0v) is 10.4. The summed E-state index contributed by atoms with van der Waals surface area (Å²) in [5.74, 6) is -1.85. The molecule has 0 aromatic carbocycles. The molecule has 0 fully saturated rings. The maximum absolute atomic E-state index is 13.5. The Balaban J connectivity index is 3.03. The number of carbonyl (C=O) groups excluding carboxylic acids is 1. The van der Waals surface area contributed by atoms with Crippen molar-refractivity contribution in [1.29, 1.82) is 0 Å². The second-order valence-electron chi connectivity index (χ2n) is 3.09. The fourth-order valence-corrected chi connectivity index (χ4v) is 1.68. The Morgan fingerprint density at radius 1 is 1.59 bits per heavy atom. The van der Waals surface area contributed by atoms with Crippen molar-refractivity contribution in [2.45, 2.75) is 19.8 Å². The largest absolute Gasteiger partial charge is 0.466 e. The summed E-state index contributed by atoms with van der Waals surface area (Å²) in [6.45, 7) is 1.75. The molecule has 0 unspecified atom stereocenters. The fourth-order valence-electron chi connectivity index (χ4n) is 1.21. The summed E-state index contributed by atoms with van der Waals surface area (Å²) in [4.78, 5) is 14.5. The molecule has 0 bridgehead atoms. The Morgan fingerprint density at radius 2 is 2.24 bits per heavy atom. The molecule has 1 heterocycles. The molecule has 0 aliphatic heterocycles. The lowest BCUT2D eigenvalue weighted by Crippen LogP contribution is -2.11. The lowest BCUT2D eigenvalue weighted by atomic mass is 10.1. The second-order valence-corrected chi connectivity index (χ2v) is 3.90. The number of esters is 1. The van der Waals surface area contributed by atoms with Gasteiger partial charge >= 0.3 is 5.97 Å². The summed E-state index contributed by atoms with van der Waals surface area (Å²) in [6.07, 6.45) is -3.44. The fraction of sp³-hybridized carbons (Fsp3) is 0.400. The molecule has 7 heteroatoms. The normalized spacial score (nSPS) is 10.7. The molecule has 1 aromatic heterocycles. The van der Waals surface area contributed by atoms with Crippen molar-refractivity contribution in [1.82, 2.24) is 4.98 Å². The average Bonchev–Trinajstić information content (AvgIpc) is 2.22. The monoisotopic (exact) mass is 311 g/mol. The van der Waals surface area contributed by atoms with Gasteiger partial charge in [0.25, 0.3) is 6.43 Å². The summed E-state index contributed by atoms with van der Waals surface area (Å²) < 4.78 is 43.1. The van der Waals surface area contributed by atoms with Gasteiger partial charge in [-0.05, 0) is 28.9 Å². The Labute approximate surface area is 104 Å². The summed E-state index contributed by atoms with van der Waals surface area (Å²) in [6, 6.07) is 1.18. The highest BCUT2D eigenvalue weighted by molar-refractivity contribution is 9.10. The number of hydrogen-bond donors (Lipinski definition) is 0. The molecule has 0 saturated carbocycles. The van der Waals surface area contributed by atoms with Crippen LogP contribution in [0.5, 0.6) is 0 Å². The molecule has 0 radical (unpaired) electrons. The van der Waals surface area contributed by atoms with Gasteiger partial charge in [0.05, 0.1) is 13.0 Å². The average molecular weight is 312 g/mol. The molecular formula is C10H9BrF3NO2. The predicted octanol–water partition coefficient (Wildman–Crippen LogP) is 3.03. The molecule has 0 aliphatic rings. The van der Waals surface area contributed by atoms with Gasteiger partial charge in [-0.3, -0.25) is 4.79 Å². The topological polar surface area (TPSA) is 39.2 Å². The number of ether oxygens (including phenoxy) is 1. The van der Waals surface area contributed by atoms with Gasteiger partial charge in [0.1, 0.15) is 10.3 Å². The van der Waals surface area contributed by atoms with Crippen molar-refractivity contribution in [2.24, 2.45) is 0 Å². The number of alkyl halides is 2. The van der Waals surface area contributed by atoms with Crippen LogP contribution < -0.4 is 0 Å². The molecule has 0 saturated heterocycles. The van der Waals surface area contributed by atoms with E-state index in [1.54, 1.807) is 6.92 Å². The van der Waals surface area contributed by atoms with Crippen LogP contribution >= 0.6 is 15.9 Å². The minimum atomic E-state index is -3.03. The van der Waals surface area contributed by atoms with Gasteiger partial charge in [0.2, 0.25) is 0 Å². The Morgan fingerprint density at radius 3 is 2.76 bits per heavy atom. The van der Waals surface area contributed by atoms with Crippen molar-refractivity contribution in [2.75, 3.05) is 6.61 Å². The van der Waals surface area contributed by atoms with Crippen LogP contribution in [0.25, 0.3) is 0 Å². The first-order chi connectivity index (χ1) is 7.95. The summed E-state index contributed by atoms with van der Waals surface area (Å²) >= 11 is 2.88. The highest BCUT2D eigenvalue weighted by Crippen LogP contribution is 2.25. The zero-order valence-electron chi connectivity index (χ0n) is 8.84. The molecule has 17 heavy (non-hydrogen) atoms. The smallest absolute Gasteiger partial charge is 0.310 e. The van der Waals surface area contributed by atoms with Crippen molar-refractivity contribution in [3.63, 3.8) is 0 Å². The third-order valence-corrected chi connectivity index (χ3v) is 2.28. The molecule has 0 atom stereocenters. The number of aromatic nitrogens is 1. The van der Waals surface area contributed by atoms with Crippen LogP contribution in [-0.2, 0) is 16.0 Å². The highest BCUT2D eigenvalue weighted by atomic mass is 79.9. The van der Waals surface area contributed by atoms with E-state index in [9.17, 15) is 18.0 Å². The maximum atomic E-state index is 13.5. The van der Waals surface area contributed by atoms with Crippen molar-refractivity contribution >= 4 is 21.9 Å². The lowest BCUT2D eigenvalue weighted by molar-refractivity contribution is -0.142. The standard InChI is InChI=1S/C10H9BrF3NO2/c1-2-17-7(16)4-5-3-6(11)15-9(8(5)12)10(13)14/h3,10H,2,4H2,1H3. The first-order valence-corrected chi connectivity index (χ1v) is 5.53. The number of carbonyl (C=O) groups is 1. The molecule has 3 nitrogen and oxygen atoms in total. The second kappa shape index (κ2) is 6.00. The van der Waals surface area contributed by atoms with Crippen LogP contribution in [0.3, 0.4) is 0 Å². The van der Waals surface area contributed by atoms with Crippen molar-refractivity contribution in [3.8, 4) is 0 Å². The van der Waals surface area contributed by atoms with E-state index in [1.807, 2.05) is 0 Å². The van der Waals surface area contributed by atoms with E-state index in [2.05, 4.69) is 25.7 Å². The number of nitrogens with zero attached hydrogens (tertiary/aromatic N) is 1. The third kappa shape index (κ3) is 3.69. The van der Waals surface area contributed by atoms with Crippen molar-refractivity contribution < 1.29 is 22.7 Å². The molecule has 0 amide bonds. The first-order valence-electron chi connectivity index (χ1n) is 4.74. The summed E-state index contributed by atoms with van der Waals surface area (Å²) in [5.41, 5.74) is -1.14. The van der Waals surface area contributed by atoms with Crippen LogP contribution in [0.4, 0.5) is 13.2 Å². The molecule has 1 aromatic rings. The molecule has 0 aliphatic carbocycles. The number of pyridine rings is 1. The van der Waals surface area contributed by atoms with Crippen LogP contribution in [0.15, 0.2) is 10.7 Å². The Bertz CT molecular complexity index is 426. The number of halogens is 4. The van der Waals surface area contributed by atoms with Gasteiger partial charge in [-0.25, -0.2) is 18.2 Å². The molecule has 1 rings (SSSR count). The zero-order chi connectivity index (χ0) is 13.0. The van der Waals surface area contributed by atoms with Crippen LogP contribution in [0.1, 0.15) is 24.6 Å². The Kier molecular flexibility index (Phi) is 4.92. The van der Waals surface area contributed by atoms with E-state index in [0.29, 0.717) is 0 Å². The summed E-state index contributed by atoms with van der Waals surface area (Å²) in [5, 5.41) is 0. The predicted molar refractivity (Wildman–Crippen MR) is 57.2 cm³/mol. The van der Waals surface area contributed by atoms with Gasteiger partial charge in [-0.1, -0.05) is 0 Å². The minimum Gasteiger partial charge on any atom is -0.466 e. The van der Waals surface area contributed by atoms with E-state index in [1.165, 1.54) is 6.07 Å². The van der Waals surface area contributed by atoms with Crippen LogP contribution in [0, 0.1) is 5.82 Å². The quantitative estimate of drug-likeness (QED) is 0.634. The molecule has 94 valence electrons. The highest BCUT2D eigenvalue weighted by Gasteiger charge is 2.21. The molecular weight excluding hydrogens is 303 g/mol. The SMILES string of the molecule is CCOC(=O)Cc1cc(Br)nc(C(F)F)c1F. The van der Waals surface area contributed by atoms with Gasteiger partial charge in [0, 0.05) is 5.56 Å². The van der Waals surface area contributed by atoms with E-state index >= 15 is 0 Å². The van der Waals surface area contributed by atoms with E-state index in [-0.39, 0.29) is 16.8 Å². The van der Waals surface area contributed by atoms with Crippen LogP contribution in [-0.4, -0.2) is 17.6 Å². The number of rotatable bonds is 4. The lowest BCUT2D eigenvalue weighted by Gasteiger charge is -2.07.